The topological polar surface area (TPSA) is 29.1 Å². The van der Waals surface area contributed by atoms with Gasteiger partial charge in [-0.1, -0.05) is 66.3 Å². The van der Waals surface area contributed by atoms with Gasteiger partial charge >= 0.3 is 0 Å². The summed E-state index contributed by atoms with van der Waals surface area (Å²) >= 11 is 0. The van der Waals surface area contributed by atoms with Crippen molar-refractivity contribution in [2.75, 3.05) is 5.32 Å². The minimum Gasteiger partial charge on any atom is -0.325 e. The highest BCUT2D eigenvalue weighted by molar-refractivity contribution is 5.95. The second kappa shape index (κ2) is 6.48. The average Bonchev–Trinajstić information content (AvgIpc) is 2.70. The third-order valence-corrected chi connectivity index (χ3v) is 7.06. The fourth-order valence-corrected chi connectivity index (χ4v) is 6.02. The van der Waals surface area contributed by atoms with Crippen molar-refractivity contribution in [3.05, 3.63) is 88.5 Å². The standard InChI is InChI=1S/C26H27NO/c1-15-12-16(2)25(17(3)13-15)27-26(28)23-14-22-18-8-4-6-10-20(18)24(23)21-11-7-5-9-19(21)22/h4-13,18,20,22-24H,14H2,1-3H3,(H,27,28)/t18-,20+,22+,23+,24-/m1/s1. The van der Waals surface area contributed by atoms with E-state index in [0.717, 1.165) is 23.2 Å². The van der Waals surface area contributed by atoms with Crippen LogP contribution in [0.15, 0.2) is 60.7 Å². The highest BCUT2D eigenvalue weighted by Crippen LogP contribution is 2.59. The quantitative estimate of drug-likeness (QED) is 0.711. The lowest BCUT2D eigenvalue weighted by atomic mass is 9.51. The van der Waals surface area contributed by atoms with Crippen LogP contribution in [-0.2, 0) is 4.79 Å². The molecule has 4 aliphatic rings. The van der Waals surface area contributed by atoms with Gasteiger partial charge in [-0.3, -0.25) is 4.79 Å². The number of carbonyl (C=O) groups is 1. The maximum absolute atomic E-state index is 13.5. The van der Waals surface area contributed by atoms with Crippen molar-refractivity contribution in [1.82, 2.24) is 0 Å². The van der Waals surface area contributed by atoms with Gasteiger partial charge in [0, 0.05) is 17.5 Å². The second-order valence-electron chi connectivity index (χ2n) is 8.79. The number of rotatable bonds is 2. The van der Waals surface area contributed by atoms with E-state index in [4.69, 9.17) is 0 Å². The Kier molecular flexibility index (Phi) is 4.04. The summed E-state index contributed by atoms with van der Waals surface area (Å²) in [5, 5.41) is 3.31. The van der Waals surface area contributed by atoms with Crippen LogP contribution in [0.2, 0.25) is 0 Å². The van der Waals surface area contributed by atoms with E-state index in [9.17, 15) is 4.79 Å². The van der Waals surface area contributed by atoms with Gasteiger partial charge in [-0.2, -0.15) is 0 Å². The van der Waals surface area contributed by atoms with Crippen LogP contribution in [0.4, 0.5) is 5.69 Å². The molecule has 0 aromatic heterocycles. The molecule has 2 nitrogen and oxygen atoms in total. The molecule has 6 rings (SSSR count). The Morgan fingerprint density at radius 3 is 2.29 bits per heavy atom. The molecule has 0 radical (unpaired) electrons. The number of carbonyl (C=O) groups excluding carboxylic acids is 1. The number of amides is 1. The van der Waals surface area contributed by atoms with Gasteiger partial charge in [0.05, 0.1) is 0 Å². The van der Waals surface area contributed by atoms with E-state index in [0.29, 0.717) is 17.8 Å². The van der Waals surface area contributed by atoms with E-state index >= 15 is 0 Å². The smallest absolute Gasteiger partial charge is 0.228 e. The molecule has 5 atom stereocenters. The molecule has 0 saturated heterocycles. The van der Waals surface area contributed by atoms with Crippen molar-refractivity contribution in [3.8, 4) is 0 Å². The summed E-state index contributed by atoms with van der Waals surface area (Å²) in [6.07, 6.45) is 9.98. The Morgan fingerprint density at radius 1 is 0.929 bits per heavy atom. The Morgan fingerprint density at radius 2 is 1.57 bits per heavy atom. The molecule has 1 fully saturated rings. The largest absolute Gasteiger partial charge is 0.325 e. The molecule has 1 saturated carbocycles. The van der Waals surface area contributed by atoms with E-state index in [1.807, 2.05) is 0 Å². The van der Waals surface area contributed by atoms with Crippen molar-refractivity contribution in [2.24, 2.45) is 17.8 Å². The SMILES string of the molecule is Cc1cc(C)c(NC(=O)[C@H]2C[C@@H]3c4ccccc4[C@H]2[C@H]2C=CC=C[C@H]23)c(C)c1. The number of anilines is 1. The van der Waals surface area contributed by atoms with Crippen LogP contribution in [0.3, 0.4) is 0 Å². The van der Waals surface area contributed by atoms with Crippen LogP contribution in [0.25, 0.3) is 0 Å². The molecule has 2 heteroatoms. The number of nitrogens with one attached hydrogen (secondary N) is 1. The summed E-state index contributed by atoms with van der Waals surface area (Å²) in [6.45, 7) is 6.27. The molecule has 1 N–H and O–H groups in total. The summed E-state index contributed by atoms with van der Waals surface area (Å²) in [6, 6.07) is 13.1. The monoisotopic (exact) mass is 369 g/mol. The van der Waals surface area contributed by atoms with Crippen LogP contribution in [0.1, 0.15) is 46.1 Å². The Bertz CT molecular complexity index is 992. The van der Waals surface area contributed by atoms with Crippen molar-refractivity contribution in [2.45, 2.75) is 39.0 Å². The van der Waals surface area contributed by atoms with Crippen molar-refractivity contribution in [3.63, 3.8) is 0 Å². The maximum Gasteiger partial charge on any atom is 0.228 e. The Balaban J connectivity index is 1.51. The van der Waals surface area contributed by atoms with Gasteiger partial charge in [-0.05, 0) is 67.2 Å². The van der Waals surface area contributed by atoms with E-state index in [1.165, 1.54) is 16.7 Å². The molecule has 2 aromatic rings. The first-order chi connectivity index (χ1) is 13.5. The van der Waals surface area contributed by atoms with Gasteiger partial charge < -0.3 is 5.32 Å². The minimum absolute atomic E-state index is 0.0254. The lowest BCUT2D eigenvalue weighted by molar-refractivity contribution is -0.122. The zero-order chi connectivity index (χ0) is 19.4. The van der Waals surface area contributed by atoms with Gasteiger partial charge in [0.15, 0.2) is 0 Å². The van der Waals surface area contributed by atoms with Crippen molar-refractivity contribution < 1.29 is 4.79 Å². The normalized spacial score (nSPS) is 29.3. The summed E-state index contributed by atoms with van der Waals surface area (Å²) < 4.78 is 0. The fraction of sp³-hybridized carbons (Fsp3) is 0.346. The Hall–Kier alpha value is -2.61. The first-order valence-corrected chi connectivity index (χ1v) is 10.4. The van der Waals surface area contributed by atoms with Gasteiger partial charge in [0.2, 0.25) is 5.91 Å². The molecular formula is C26H27NO. The van der Waals surface area contributed by atoms with Crippen molar-refractivity contribution >= 4 is 11.6 Å². The van der Waals surface area contributed by atoms with Gasteiger partial charge in [-0.25, -0.2) is 0 Å². The molecule has 2 aromatic carbocycles. The lowest BCUT2D eigenvalue weighted by Gasteiger charge is -2.52. The van der Waals surface area contributed by atoms with E-state index in [1.54, 1.807) is 0 Å². The third-order valence-electron chi connectivity index (χ3n) is 7.06. The summed E-state index contributed by atoms with van der Waals surface area (Å²) in [5.74, 6) is 1.85. The molecule has 2 bridgehead atoms. The maximum atomic E-state index is 13.5. The lowest BCUT2D eigenvalue weighted by Crippen LogP contribution is -2.46. The van der Waals surface area contributed by atoms with Gasteiger partial charge in [0.1, 0.15) is 0 Å². The zero-order valence-electron chi connectivity index (χ0n) is 16.8. The highest BCUT2D eigenvalue weighted by Gasteiger charge is 2.52. The van der Waals surface area contributed by atoms with Crippen LogP contribution in [0, 0.1) is 38.5 Å². The highest BCUT2D eigenvalue weighted by atomic mass is 16.1. The predicted octanol–water partition coefficient (Wildman–Crippen LogP) is 5.81. The number of fused-ring (bicyclic) bond motifs is 1. The summed E-state index contributed by atoms with van der Waals surface area (Å²) in [7, 11) is 0. The molecule has 0 heterocycles. The molecule has 1 amide bonds. The van der Waals surface area contributed by atoms with E-state index < -0.39 is 0 Å². The first kappa shape index (κ1) is 17.5. The second-order valence-corrected chi connectivity index (χ2v) is 8.79. The van der Waals surface area contributed by atoms with Crippen LogP contribution >= 0.6 is 0 Å². The molecule has 4 aliphatic carbocycles. The number of hydrogen-bond donors (Lipinski definition) is 1. The number of benzene rings is 2. The van der Waals surface area contributed by atoms with Crippen molar-refractivity contribution in [1.29, 1.82) is 0 Å². The first-order valence-electron chi connectivity index (χ1n) is 10.4. The molecule has 0 unspecified atom stereocenters. The van der Waals surface area contributed by atoms with Gasteiger partial charge in [-0.15, -0.1) is 0 Å². The van der Waals surface area contributed by atoms with Crippen LogP contribution in [0.5, 0.6) is 0 Å². The number of allylic oxidation sites excluding steroid dienone is 4. The molecule has 142 valence electrons. The average molecular weight is 370 g/mol. The molecule has 28 heavy (non-hydrogen) atoms. The zero-order valence-corrected chi connectivity index (χ0v) is 16.8. The predicted molar refractivity (Wildman–Crippen MR) is 115 cm³/mol. The van der Waals surface area contributed by atoms with Crippen LogP contribution < -0.4 is 5.32 Å². The van der Waals surface area contributed by atoms with E-state index in [-0.39, 0.29) is 17.7 Å². The number of hydrogen-bond acceptors (Lipinski definition) is 1. The van der Waals surface area contributed by atoms with Gasteiger partial charge in [0.25, 0.3) is 0 Å². The number of aryl methyl sites for hydroxylation is 3. The summed E-state index contributed by atoms with van der Waals surface area (Å²) in [4.78, 5) is 13.5. The van der Waals surface area contributed by atoms with Crippen LogP contribution in [-0.4, -0.2) is 5.91 Å². The summed E-state index contributed by atoms with van der Waals surface area (Å²) in [5.41, 5.74) is 7.36. The Labute approximate surface area is 167 Å². The molecule has 0 aliphatic heterocycles. The third kappa shape index (κ3) is 2.58. The fourth-order valence-electron chi connectivity index (χ4n) is 6.02. The minimum atomic E-state index is 0.0254. The molecular weight excluding hydrogens is 342 g/mol. The van der Waals surface area contributed by atoms with E-state index in [2.05, 4.69) is 86.8 Å². The molecule has 0 spiro atoms.